The zero-order valence-electron chi connectivity index (χ0n) is 9.30. The van der Waals surface area contributed by atoms with E-state index in [1.165, 1.54) is 12.0 Å². The van der Waals surface area contributed by atoms with E-state index in [0.29, 0.717) is 5.92 Å². The van der Waals surface area contributed by atoms with Gasteiger partial charge in [-0.25, -0.2) is 0 Å². The first-order chi connectivity index (χ1) is 5.87. The second kappa shape index (κ2) is 3.83. The minimum Gasteiger partial charge on any atom is -0.393 e. The molecule has 13 heavy (non-hydrogen) atoms. The Kier molecular flexibility index (Phi) is 3.18. The Hall–Kier alpha value is -0.300. The number of aliphatic hydroxyl groups is 1. The Bertz CT molecular complexity index is 186. The van der Waals surface area contributed by atoms with Crippen molar-refractivity contribution in [1.82, 2.24) is 0 Å². The lowest BCUT2D eigenvalue weighted by molar-refractivity contribution is 0.127. The molecule has 0 amide bonds. The van der Waals surface area contributed by atoms with Gasteiger partial charge in [0.15, 0.2) is 0 Å². The number of hydrogen-bond donors (Lipinski definition) is 1. The highest BCUT2D eigenvalue weighted by atomic mass is 16.3. The maximum Gasteiger partial charge on any atom is 0.0580 e. The van der Waals surface area contributed by atoms with Gasteiger partial charge in [0.2, 0.25) is 0 Å². The molecular weight excluding hydrogens is 160 g/mol. The van der Waals surface area contributed by atoms with Crippen LogP contribution in [0.15, 0.2) is 11.6 Å². The van der Waals surface area contributed by atoms with Crippen LogP contribution in [-0.4, -0.2) is 11.2 Å². The van der Waals surface area contributed by atoms with E-state index in [0.717, 1.165) is 12.8 Å². The highest BCUT2D eigenvalue weighted by molar-refractivity contribution is 5.11. The van der Waals surface area contributed by atoms with Crippen molar-refractivity contribution in [2.45, 2.75) is 53.1 Å². The molecule has 1 N–H and O–H groups in total. The molecule has 0 aliphatic heterocycles. The van der Waals surface area contributed by atoms with Gasteiger partial charge in [0.05, 0.1) is 6.10 Å². The van der Waals surface area contributed by atoms with Crippen LogP contribution >= 0.6 is 0 Å². The van der Waals surface area contributed by atoms with Crippen molar-refractivity contribution < 1.29 is 5.11 Å². The summed E-state index contributed by atoms with van der Waals surface area (Å²) in [4.78, 5) is 0. The summed E-state index contributed by atoms with van der Waals surface area (Å²) in [7, 11) is 0. The van der Waals surface area contributed by atoms with Crippen molar-refractivity contribution in [3.63, 3.8) is 0 Å². The summed E-state index contributed by atoms with van der Waals surface area (Å²) in [5.74, 6) is 0.650. The summed E-state index contributed by atoms with van der Waals surface area (Å²) in [6, 6.07) is 0. The van der Waals surface area contributed by atoms with Crippen molar-refractivity contribution in [1.29, 1.82) is 0 Å². The summed E-state index contributed by atoms with van der Waals surface area (Å²) in [6.45, 7) is 8.86. The van der Waals surface area contributed by atoms with Gasteiger partial charge in [0.25, 0.3) is 0 Å². The van der Waals surface area contributed by atoms with Gasteiger partial charge in [0, 0.05) is 0 Å². The van der Waals surface area contributed by atoms with Crippen LogP contribution in [0.1, 0.15) is 47.0 Å². The molecule has 0 unspecified atom stereocenters. The summed E-state index contributed by atoms with van der Waals surface area (Å²) in [5.41, 5.74) is 1.70. The first-order valence-electron chi connectivity index (χ1n) is 5.25. The molecule has 0 saturated heterocycles. The molecule has 1 rings (SSSR count). The standard InChI is InChI=1S/C12H22O/c1-9-5-10(7-11(13)6-9)8-12(2,3)4/h8-9,11,13H,5-7H2,1-4H3/b10-8+/t9-,11-/m1/s1. The average Bonchev–Trinajstić information content (AvgIpc) is 1.78. The van der Waals surface area contributed by atoms with E-state index in [4.69, 9.17) is 0 Å². The Morgan fingerprint density at radius 3 is 2.38 bits per heavy atom. The predicted octanol–water partition coefficient (Wildman–Crippen LogP) is 3.14. The number of hydrogen-bond acceptors (Lipinski definition) is 1. The highest BCUT2D eigenvalue weighted by Crippen LogP contribution is 2.31. The van der Waals surface area contributed by atoms with Gasteiger partial charge >= 0.3 is 0 Å². The van der Waals surface area contributed by atoms with Gasteiger partial charge in [-0.05, 0) is 30.6 Å². The molecule has 1 heteroatoms. The summed E-state index contributed by atoms with van der Waals surface area (Å²) in [6.07, 6.45) is 5.26. The largest absolute Gasteiger partial charge is 0.393 e. The lowest BCUT2D eigenvalue weighted by Gasteiger charge is -2.27. The lowest BCUT2D eigenvalue weighted by atomic mass is 9.81. The second-order valence-electron chi connectivity index (χ2n) is 5.57. The summed E-state index contributed by atoms with van der Waals surface area (Å²) >= 11 is 0. The van der Waals surface area contributed by atoms with Crippen molar-refractivity contribution in [2.75, 3.05) is 0 Å². The first-order valence-corrected chi connectivity index (χ1v) is 5.25. The quantitative estimate of drug-likeness (QED) is 0.571. The third-order valence-electron chi connectivity index (χ3n) is 2.42. The zero-order chi connectivity index (χ0) is 10.1. The van der Waals surface area contributed by atoms with E-state index in [9.17, 15) is 5.11 Å². The van der Waals surface area contributed by atoms with Gasteiger partial charge in [0.1, 0.15) is 0 Å². The highest BCUT2D eigenvalue weighted by Gasteiger charge is 2.21. The predicted molar refractivity (Wildman–Crippen MR) is 56.6 cm³/mol. The van der Waals surface area contributed by atoms with E-state index in [1.54, 1.807) is 0 Å². The molecule has 0 heterocycles. The Labute approximate surface area is 81.9 Å². The van der Waals surface area contributed by atoms with Crippen molar-refractivity contribution in [2.24, 2.45) is 11.3 Å². The molecular formula is C12H22O. The van der Waals surface area contributed by atoms with Crippen LogP contribution in [0.3, 0.4) is 0 Å². The molecule has 0 bridgehead atoms. The normalized spacial score (nSPS) is 33.8. The molecule has 1 nitrogen and oxygen atoms in total. The molecule has 2 atom stereocenters. The minimum absolute atomic E-state index is 0.0997. The van der Waals surface area contributed by atoms with Gasteiger partial charge in [-0.1, -0.05) is 39.3 Å². The molecule has 0 aromatic rings. The third-order valence-corrected chi connectivity index (χ3v) is 2.42. The zero-order valence-corrected chi connectivity index (χ0v) is 9.30. The molecule has 1 aliphatic rings. The van der Waals surface area contributed by atoms with Crippen LogP contribution in [0.4, 0.5) is 0 Å². The molecule has 0 aromatic carbocycles. The van der Waals surface area contributed by atoms with E-state index < -0.39 is 0 Å². The van der Waals surface area contributed by atoms with Crippen LogP contribution in [-0.2, 0) is 0 Å². The van der Waals surface area contributed by atoms with Crippen LogP contribution in [0.5, 0.6) is 0 Å². The fourth-order valence-corrected chi connectivity index (χ4v) is 2.19. The third kappa shape index (κ3) is 3.95. The number of allylic oxidation sites excluding steroid dienone is 1. The maximum absolute atomic E-state index is 9.61. The Morgan fingerprint density at radius 1 is 1.31 bits per heavy atom. The van der Waals surface area contributed by atoms with Crippen LogP contribution in [0.25, 0.3) is 0 Å². The summed E-state index contributed by atoms with van der Waals surface area (Å²) < 4.78 is 0. The first kappa shape index (κ1) is 10.8. The SMILES string of the molecule is C[C@@H]1C/C(=C\C(C)(C)C)C[C@H](O)C1. The smallest absolute Gasteiger partial charge is 0.0580 e. The average molecular weight is 182 g/mol. The molecule has 1 fully saturated rings. The number of aliphatic hydroxyl groups excluding tert-OH is 1. The molecule has 1 saturated carbocycles. The maximum atomic E-state index is 9.61. The Balaban J connectivity index is 2.65. The van der Waals surface area contributed by atoms with Crippen LogP contribution in [0.2, 0.25) is 0 Å². The Morgan fingerprint density at radius 2 is 1.92 bits per heavy atom. The molecule has 1 aliphatic carbocycles. The van der Waals surface area contributed by atoms with Crippen LogP contribution < -0.4 is 0 Å². The fourth-order valence-electron chi connectivity index (χ4n) is 2.19. The topological polar surface area (TPSA) is 20.2 Å². The van der Waals surface area contributed by atoms with Crippen molar-refractivity contribution in [3.05, 3.63) is 11.6 Å². The lowest BCUT2D eigenvalue weighted by Crippen LogP contribution is -2.20. The van der Waals surface area contributed by atoms with E-state index in [1.807, 2.05) is 0 Å². The molecule has 0 aromatic heterocycles. The van der Waals surface area contributed by atoms with E-state index >= 15 is 0 Å². The number of rotatable bonds is 0. The van der Waals surface area contributed by atoms with Gasteiger partial charge in [-0.3, -0.25) is 0 Å². The van der Waals surface area contributed by atoms with Crippen molar-refractivity contribution >= 4 is 0 Å². The van der Waals surface area contributed by atoms with E-state index in [-0.39, 0.29) is 11.5 Å². The van der Waals surface area contributed by atoms with Gasteiger partial charge in [-0.2, -0.15) is 0 Å². The van der Waals surface area contributed by atoms with Gasteiger partial charge < -0.3 is 5.11 Å². The molecule has 0 radical (unpaired) electrons. The summed E-state index contributed by atoms with van der Waals surface area (Å²) in [5, 5.41) is 9.61. The molecule has 76 valence electrons. The fraction of sp³-hybridized carbons (Fsp3) is 0.833. The second-order valence-corrected chi connectivity index (χ2v) is 5.57. The molecule has 0 spiro atoms. The van der Waals surface area contributed by atoms with E-state index in [2.05, 4.69) is 33.8 Å². The monoisotopic (exact) mass is 182 g/mol. The van der Waals surface area contributed by atoms with Crippen LogP contribution in [0, 0.1) is 11.3 Å². The minimum atomic E-state index is -0.0997. The van der Waals surface area contributed by atoms with Crippen molar-refractivity contribution in [3.8, 4) is 0 Å². The van der Waals surface area contributed by atoms with Gasteiger partial charge in [-0.15, -0.1) is 0 Å².